The first kappa shape index (κ1) is 11.3. The summed E-state index contributed by atoms with van der Waals surface area (Å²) in [5.41, 5.74) is 7.34. The number of hydrogen-bond acceptors (Lipinski definition) is 0. The Morgan fingerprint density at radius 1 is 1.00 bits per heavy atom. The molecule has 0 saturated heterocycles. The summed E-state index contributed by atoms with van der Waals surface area (Å²) in [6.07, 6.45) is 0. The van der Waals surface area contributed by atoms with Crippen LogP contribution in [-0.4, -0.2) is 0 Å². The molecule has 0 fully saturated rings. The molecule has 0 amide bonds. The Balaban J connectivity index is 2.43. The molecule has 86 valence electrons. The fourth-order valence-electron chi connectivity index (χ4n) is 3.14. The smallest absolute Gasteiger partial charge is 0.0161 e. The number of fused-ring (bicyclic) bond motifs is 3. The Labute approximate surface area is 116 Å². The third kappa shape index (κ3) is 1.48. The Morgan fingerprint density at radius 2 is 1.76 bits per heavy atom. The van der Waals surface area contributed by atoms with E-state index < -0.39 is 0 Å². The molecule has 1 aliphatic carbocycles. The summed E-state index contributed by atoms with van der Waals surface area (Å²) in [7, 11) is 0. The Hall–Kier alpha value is -0.830. The minimum atomic E-state index is 0.139. The number of benzene rings is 2. The van der Waals surface area contributed by atoms with Gasteiger partial charge >= 0.3 is 0 Å². The lowest BCUT2D eigenvalue weighted by Gasteiger charge is -2.23. The minimum absolute atomic E-state index is 0.139. The van der Waals surface area contributed by atoms with Crippen molar-refractivity contribution < 1.29 is 0 Å². The minimum Gasteiger partial charge on any atom is -0.0614 e. The number of rotatable bonds is 0. The zero-order chi connectivity index (χ0) is 12.2. The highest BCUT2D eigenvalue weighted by Gasteiger charge is 2.36. The van der Waals surface area contributed by atoms with E-state index in [1.54, 1.807) is 0 Å². The molecule has 0 unspecified atom stereocenters. The van der Waals surface area contributed by atoms with Crippen molar-refractivity contribution in [3.8, 4) is 11.1 Å². The van der Waals surface area contributed by atoms with E-state index >= 15 is 0 Å². The maximum absolute atomic E-state index is 2.39. The van der Waals surface area contributed by atoms with Gasteiger partial charge in [0.05, 0.1) is 0 Å². The van der Waals surface area contributed by atoms with Gasteiger partial charge < -0.3 is 0 Å². The lowest BCUT2D eigenvalue weighted by molar-refractivity contribution is 0.655. The van der Waals surface area contributed by atoms with E-state index in [9.17, 15) is 0 Å². The average Bonchev–Trinajstić information content (AvgIpc) is 2.49. The SMILES string of the molecule is Cc1cccc2c1C(C)(C)c1ccc(I)cc1-2. The first-order valence-electron chi connectivity index (χ1n) is 5.92. The van der Waals surface area contributed by atoms with Gasteiger partial charge in [0.15, 0.2) is 0 Å². The maximum Gasteiger partial charge on any atom is 0.0161 e. The van der Waals surface area contributed by atoms with Crippen molar-refractivity contribution in [2.45, 2.75) is 26.2 Å². The molecule has 2 aromatic rings. The van der Waals surface area contributed by atoms with Crippen molar-refractivity contribution in [2.75, 3.05) is 0 Å². The van der Waals surface area contributed by atoms with Gasteiger partial charge in [0.25, 0.3) is 0 Å². The molecule has 0 nitrogen and oxygen atoms in total. The molecular weight excluding hydrogens is 319 g/mol. The number of hydrogen-bond donors (Lipinski definition) is 0. The lowest BCUT2D eigenvalue weighted by Crippen LogP contribution is -2.16. The molecule has 1 heteroatoms. The Morgan fingerprint density at radius 3 is 2.53 bits per heavy atom. The van der Waals surface area contributed by atoms with Crippen LogP contribution in [0.4, 0.5) is 0 Å². The van der Waals surface area contributed by atoms with Crippen LogP contribution in [0.1, 0.15) is 30.5 Å². The van der Waals surface area contributed by atoms with E-state index in [0.29, 0.717) is 0 Å². The van der Waals surface area contributed by atoms with Crippen molar-refractivity contribution in [1.29, 1.82) is 0 Å². The zero-order valence-electron chi connectivity index (χ0n) is 10.3. The molecule has 0 saturated carbocycles. The van der Waals surface area contributed by atoms with Crippen LogP contribution < -0.4 is 0 Å². The Bertz CT molecular complexity index is 609. The molecule has 0 atom stereocenters. The van der Waals surface area contributed by atoms with Crippen LogP contribution in [0.25, 0.3) is 11.1 Å². The van der Waals surface area contributed by atoms with Crippen LogP contribution in [-0.2, 0) is 5.41 Å². The van der Waals surface area contributed by atoms with Gasteiger partial charge in [-0.15, -0.1) is 0 Å². The molecule has 0 spiro atoms. The summed E-state index contributed by atoms with van der Waals surface area (Å²) < 4.78 is 1.31. The first-order valence-corrected chi connectivity index (χ1v) is 7.00. The van der Waals surface area contributed by atoms with E-state index in [0.717, 1.165) is 0 Å². The normalized spacial score (nSPS) is 15.5. The molecular formula is C16H15I. The molecule has 0 heterocycles. The van der Waals surface area contributed by atoms with E-state index in [1.165, 1.54) is 31.4 Å². The largest absolute Gasteiger partial charge is 0.0614 e. The van der Waals surface area contributed by atoms with Gasteiger partial charge in [0.2, 0.25) is 0 Å². The summed E-state index contributed by atoms with van der Waals surface area (Å²) in [6, 6.07) is 13.4. The molecule has 0 aromatic heterocycles. The highest BCUT2D eigenvalue weighted by atomic mass is 127. The summed E-state index contributed by atoms with van der Waals surface area (Å²) in [4.78, 5) is 0. The third-order valence-corrected chi connectivity index (χ3v) is 4.51. The topological polar surface area (TPSA) is 0 Å². The summed E-state index contributed by atoms with van der Waals surface area (Å²) in [6.45, 7) is 6.88. The molecule has 3 rings (SSSR count). The second-order valence-electron chi connectivity index (χ2n) is 5.31. The molecule has 0 N–H and O–H groups in total. The van der Waals surface area contributed by atoms with Crippen LogP contribution in [0.3, 0.4) is 0 Å². The number of aryl methyl sites for hydroxylation is 1. The van der Waals surface area contributed by atoms with Crippen LogP contribution in [0.2, 0.25) is 0 Å². The molecule has 0 aliphatic heterocycles. The van der Waals surface area contributed by atoms with Crippen molar-refractivity contribution in [1.82, 2.24) is 0 Å². The molecule has 0 radical (unpaired) electrons. The second-order valence-corrected chi connectivity index (χ2v) is 6.56. The van der Waals surface area contributed by atoms with Crippen molar-refractivity contribution in [3.05, 3.63) is 56.7 Å². The molecule has 17 heavy (non-hydrogen) atoms. The average molecular weight is 334 g/mol. The molecule has 1 aliphatic rings. The quantitative estimate of drug-likeness (QED) is 0.601. The molecule has 2 aromatic carbocycles. The second kappa shape index (κ2) is 3.58. The fourth-order valence-corrected chi connectivity index (χ4v) is 3.63. The Kier molecular flexibility index (Phi) is 2.37. The van der Waals surface area contributed by atoms with Crippen LogP contribution in [0.15, 0.2) is 36.4 Å². The van der Waals surface area contributed by atoms with E-state index in [4.69, 9.17) is 0 Å². The van der Waals surface area contributed by atoms with Crippen LogP contribution in [0, 0.1) is 10.5 Å². The van der Waals surface area contributed by atoms with Gasteiger partial charge in [-0.3, -0.25) is 0 Å². The summed E-state index contributed by atoms with van der Waals surface area (Å²) in [5, 5.41) is 0. The summed E-state index contributed by atoms with van der Waals surface area (Å²) in [5.74, 6) is 0. The van der Waals surface area contributed by atoms with Gasteiger partial charge in [0.1, 0.15) is 0 Å². The monoisotopic (exact) mass is 334 g/mol. The van der Waals surface area contributed by atoms with Gasteiger partial charge in [-0.25, -0.2) is 0 Å². The first-order chi connectivity index (χ1) is 8.01. The van der Waals surface area contributed by atoms with Crippen molar-refractivity contribution >= 4 is 22.6 Å². The van der Waals surface area contributed by atoms with Crippen molar-refractivity contribution in [2.24, 2.45) is 0 Å². The van der Waals surface area contributed by atoms with Crippen LogP contribution >= 0.6 is 22.6 Å². The highest BCUT2D eigenvalue weighted by molar-refractivity contribution is 14.1. The number of halogens is 1. The predicted octanol–water partition coefficient (Wildman–Crippen LogP) is 4.91. The van der Waals surface area contributed by atoms with E-state index in [2.05, 4.69) is 79.8 Å². The molecule has 0 bridgehead atoms. The fraction of sp³-hybridized carbons (Fsp3) is 0.250. The van der Waals surface area contributed by atoms with Gasteiger partial charge in [-0.2, -0.15) is 0 Å². The van der Waals surface area contributed by atoms with Gasteiger partial charge in [0, 0.05) is 8.99 Å². The van der Waals surface area contributed by atoms with E-state index in [1.807, 2.05) is 0 Å². The van der Waals surface area contributed by atoms with E-state index in [-0.39, 0.29) is 5.41 Å². The maximum atomic E-state index is 2.39. The standard InChI is InChI=1S/C16H15I/c1-10-5-4-6-12-13-9-11(17)7-8-14(13)16(2,3)15(10)12/h4-9H,1-3H3. The van der Waals surface area contributed by atoms with Crippen molar-refractivity contribution in [3.63, 3.8) is 0 Å². The van der Waals surface area contributed by atoms with Crippen LogP contribution in [0.5, 0.6) is 0 Å². The summed E-state index contributed by atoms with van der Waals surface area (Å²) >= 11 is 2.39. The highest BCUT2D eigenvalue weighted by Crippen LogP contribution is 2.49. The predicted molar refractivity (Wildman–Crippen MR) is 81.5 cm³/mol. The van der Waals surface area contributed by atoms with Gasteiger partial charge in [-0.1, -0.05) is 38.1 Å². The van der Waals surface area contributed by atoms with Gasteiger partial charge in [-0.05, 0) is 69.5 Å². The third-order valence-electron chi connectivity index (χ3n) is 3.84. The lowest BCUT2D eigenvalue weighted by atomic mass is 9.80. The zero-order valence-corrected chi connectivity index (χ0v) is 12.5.